The van der Waals surface area contributed by atoms with Gasteiger partial charge in [0.25, 0.3) is 0 Å². The summed E-state index contributed by atoms with van der Waals surface area (Å²) in [7, 11) is 0. The lowest BCUT2D eigenvalue weighted by Crippen LogP contribution is -2.09. The monoisotopic (exact) mass is 416 g/mol. The summed E-state index contributed by atoms with van der Waals surface area (Å²) in [4.78, 5) is 4.07. The van der Waals surface area contributed by atoms with Gasteiger partial charge >= 0.3 is 0 Å². The number of halogens is 1. The smallest absolute Gasteiger partial charge is 0.243 e. The molecule has 3 rings (SSSR count). The fourth-order valence-electron chi connectivity index (χ4n) is 2.67. The number of benzene rings is 1. The highest BCUT2D eigenvalue weighted by molar-refractivity contribution is 6.29. The number of aromatic nitrogens is 5. The Kier molecular flexibility index (Phi) is 7.63. The Hall–Kier alpha value is -2.87. The number of hydrogen-bond acceptors (Lipinski definition) is 7. The normalized spacial score (nSPS) is 10.7. The first-order valence-corrected chi connectivity index (χ1v) is 10.1. The fraction of sp³-hybridized carbons (Fsp3) is 0.400. The Morgan fingerprint density at radius 2 is 1.93 bits per heavy atom. The Bertz CT molecular complexity index is 900. The number of anilines is 1. The van der Waals surface area contributed by atoms with Gasteiger partial charge in [-0.25, -0.2) is 9.67 Å². The molecular weight excluding hydrogens is 392 g/mol. The molecule has 0 aliphatic heterocycles. The van der Waals surface area contributed by atoms with E-state index in [1.54, 1.807) is 16.9 Å². The Morgan fingerprint density at radius 3 is 2.69 bits per heavy atom. The van der Waals surface area contributed by atoms with Crippen molar-refractivity contribution in [3.8, 4) is 11.5 Å². The van der Waals surface area contributed by atoms with Crippen LogP contribution in [0.15, 0.2) is 36.5 Å². The molecule has 1 aromatic carbocycles. The third-order valence-corrected chi connectivity index (χ3v) is 4.42. The van der Waals surface area contributed by atoms with E-state index in [2.05, 4.69) is 32.7 Å². The van der Waals surface area contributed by atoms with Crippen LogP contribution in [0.5, 0.6) is 11.5 Å². The zero-order valence-corrected chi connectivity index (χ0v) is 17.4. The van der Waals surface area contributed by atoms with Crippen LogP contribution in [0.3, 0.4) is 0 Å². The lowest BCUT2D eigenvalue weighted by atomic mass is 10.2. The third kappa shape index (κ3) is 6.05. The van der Waals surface area contributed by atoms with E-state index in [4.69, 9.17) is 21.1 Å². The van der Waals surface area contributed by atoms with E-state index in [0.29, 0.717) is 42.4 Å². The van der Waals surface area contributed by atoms with E-state index in [1.165, 1.54) is 0 Å². The van der Waals surface area contributed by atoms with Crippen molar-refractivity contribution in [1.29, 1.82) is 0 Å². The average molecular weight is 417 g/mol. The summed E-state index contributed by atoms with van der Waals surface area (Å²) in [5.41, 5.74) is 1.97. The zero-order valence-electron chi connectivity index (χ0n) is 16.6. The predicted octanol–water partition coefficient (Wildman–Crippen LogP) is 4.11. The van der Waals surface area contributed by atoms with E-state index in [1.807, 2.05) is 31.2 Å². The highest BCUT2D eigenvalue weighted by Gasteiger charge is 2.09. The van der Waals surface area contributed by atoms with Gasteiger partial charge in [-0.1, -0.05) is 42.2 Å². The third-order valence-electron chi connectivity index (χ3n) is 4.20. The topological polar surface area (TPSA) is 87.0 Å². The minimum absolute atomic E-state index is 0.383. The van der Waals surface area contributed by atoms with Crippen LogP contribution < -0.4 is 14.8 Å². The van der Waals surface area contributed by atoms with Gasteiger partial charge in [-0.2, -0.15) is 0 Å². The minimum atomic E-state index is 0.383. The van der Waals surface area contributed by atoms with Crippen molar-refractivity contribution in [2.75, 3.05) is 11.9 Å². The van der Waals surface area contributed by atoms with Crippen molar-refractivity contribution < 1.29 is 9.47 Å². The van der Waals surface area contributed by atoms with Crippen molar-refractivity contribution in [3.05, 3.63) is 52.8 Å². The highest BCUT2D eigenvalue weighted by Crippen LogP contribution is 2.29. The molecule has 0 unspecified atom stereocenters. The van der Waals surface area contributed by atoms with Crippen molar-refractivity contribution in [3.63, 3.8) is 0 Å². The van der Waals surface area contributed by atoms with Crippen LogP contribution in [-0.4, -0.2) is 31.8 Å². The lowest BCUT2D eigenvalue weighted by molar-refractivity contribution is 0.269. The van der Waals surface area contributed by atoms with E-state index < -0.39 is 0 Å². The van der Waals surface area contributed by atoms with Gasteiger partial charge in [0.05, 0.1) is 6.61 Å². The summed E-state index contributed by atoms with van der Waals surface area (Å²) >= 11 is 5.82. The summed E-state index contributed by atoms with van der Waals surface area (Å²) in [6.07, 6.45) is 3.82. The fourth-order valence-corrected chi connectivity index (χ4v) is 2.79. The van der Waals surface area contributed by atoms with E-state index in [0.717, 1.165) is 30.5 Å². The molecule has 2 heterocycles. The Labute approximate surface area is 175 Å². The van der Waals surface area contributed by atoms with E-state index >= 15 is 0 Å². The molecule has 0 aliphatic carbocycles. The second kappa shape index (κ2) is 10.6. The number of ether oxygens (including phenoxy) is 2. The molecule has 3 aromatic rings. The standard InChI is InChI=1S/C20H25ClN6O2/c1-3-5-10-27-20(24-25-26-27)23-12-15-6-8-17(18(11-15)28-4-2)29-14-16-7-9-19(21)22-13-16/h6-9,11,13H,3-5,10,12,14H2,1-2H3,(H,23,24,26). The minimum Gasteiger partial charge on any atom is -0.490 e. The van der Waals surface area contributed by atoms with Gasteiger partial charge in [0.2, 0.25) is 5.95 Å². The number of tetrazole rings is 1. The molecule has 0 radical (unpaired) electrons. The van der Waals surface area contributed by atoms with E-state index in [-0.39, 0.29) is 0 Å². The molecule has 9 heteroatoms. The highest BCUT2D eigenvalue weighted by atomic mass is 35.5. The number of aryl methyl sites for hydroxylation is 1. The van der Waals surface area contributed by atoms with Crippen molar-refractivity contribution >= 4 is 17.5 Å². The summed E-state index contributed by atoms with van der Waals surface area (Å²) in [5, 5.41) is 15.6. The molecule has 0 fully saturated rings. The summed E-state index contributed by atoms with van der Waals surface area (Å²) in [6.45, 7) is 6.38. The van der Waals surface area contributed by atoms with Crippen molar-refractivity contribution in [2.45, 2.75) is 46.4 Å². The van der Waals surface area contributed by atoms with Gasteiger partial charge in [0.1, 0.15) is 11.8 Å². The maximum atomic E-state index is 5.92. The molecule has 0 spiro atoms. The first-order chi connectivity index (χ1) is 14.2. The maximum Gasteiger partial charge on any atom is 0.243 e. The predicted molar refractivity (Wildman–Crippen MR) is 111 cm³/mol. The summed E-state index contributed by atoms with van der Waals surface area (Å²) in [6, 6.07) is 9.49. The second-order valence-corrected chi connectivity index (χ2v) is 6.81. The van der Waals surface area contributed by atoms with Gasteiger partial charge < -0.3 is 14.8 Å². The van der Waals surface area contributed by atoms with Crippen molar-refractivity contribution in [2.24, 2.45) is 0 Å². The molecular formula is C20H25ClN6O2. The number of pyridine rings is 1. The van der Waals surface area contributed by atoms with Gasteiger partial charge in [-0.3, -0.25) is 0 Å². The maximum absolute atomic E-state index is 5.92. The number of nitrogens with one attached hydrogen (secondary N) is 1. The van der Waals surface area contributed by atoms with Crippen LogP contribution in [0.2, 0.25) is 5.15 Å². The average Bonchev–Trinajstić information content (AvgIpc) is 3.19. The van der Waals surface area contributed by atoms with Gasteiger partial charge in [0.15, 0.2) is 11.5 Å². The van der Waals surface area contributed by atoms with Crippen LogP contribution >= 0.6 is 11.6 Å². The molecule has 0 saturated heterocycles. The molecule has 29 heavy (non-hydrogen) atoms. The largest absolute Gasteiger partial charge is 0.490 e. The quantitative estimate of drug-likeness (QED) is 0.470. The first-order valence-electron chi connectivity index (χ1n) is 9.68. The SMILES string of the molecule is CCCCn1nnnc1NCc1ccc(OCc2ccc(Cl)nc2)c(OCC)c1. The first kappa shape index (κ1) is 20.9. The lowest BCUT2D eigenvalue weighted by Gasteiger charge is -2.14. The molecule has 154 valence electrons. The molecule has 2 aromatic heterocycles. The van der Waals surface area contributed by atoms with Crippen LogP contribution in [-0.2, 0) is 19.7 Å². The molecule has 0 amide bonds. The Balaban J connectivity index is 1.64. The number of nitrogens with zero attached hydrogens (tertiary/aromatic N) is 5. The molecule has 1 N–H and O–H groups in total. The second-order valence-electron chi connectivity index (χ2n) is 6.42. The van der Waals surface area contributed by atoms with Crippen LogP contribution in [0.4, 0.5) is 5.95 Å². The van der Waals surface area contributed by atoms with Crippen LogP contribution in [0.25, 0.3) is 0 Å². The molecule has 0 aliphatic rings. The molecule has 0 saturated carbocycles. The Morgan fingerprint density at radius 1 is 1.07 bits per heavy atom. The zero-order chi connectivity index (χ0) is 20.5. The molecule has 8 nitrogen and oxygen atoms in total. The summed E-state index contributed by atoms with van der Waals surface area (Å²) < 4.78 is 13.5. The summed E-state index contributed by atoms with van der Waals surface area (Å²) in [5.74, 6) is 2.03. The molecule has 0 bridgehead atoms. The number of hydrogen-bond donors (Lipinski definition) is 1. The molecule has 0 atom stereocenters. The number of rotatable bonds is 11. The number of unbranched alkanes of at least 4 members (excludes halogenated alkanes) is 1. The van der Waals surface area contributed by atoms with Crippen molar-refractivity contribution in [1.82, 2.24) is 25.2 Å². The van der Waals surface area contributed by atoms with Gasteiger partial charge in [-0.15, -0.1) is 0 Å². The van der Waals surface area contributed by atoms with E-state index in [9.17, 15) is 0 Å². The van der Waals surface area contributed by atoms with Gasteiger partial charge in [-0.05, 0) is 47.5 Å². The van der Waals surface area contributed by atoms with Crippen LogP contribution in [0, 0.1) is 0 Å². The van der Waals surface area contributed by atoms with Gasteiger partial charge in [0, 0.05) is 24.8 Å². The van der Waals surface area contributed by atoms with Crippen LogP contribution in [0.1, 0.15) is 37.8 Å².